The fraction of sp³-hybridized carbons (Fsp3) is 0.778. The summed E-state index contributed by atoms with van der Waals surface area (Å²) in [6.07, 6.45) is 1.80. The summed E-state index contributed by atoms with van der Waals surface area (Å²) in [4.78, 5) is 23.4. The number of amides is 2. The first-order chi connectivity index (χ1) is 17.6. The third kappa shape index (κ3) is 6.60. The van der Waals surface area contributed by atoms with Crippen molar-refractivity contribution in [1.82, 2.24) is 0 Å². The van der Waals surface area contributed by atoms with Crippen molar-refractivity contribution in [3.05, 3.63) is 0 Å². The summed E-state index contributed by atoms with van der Waals surface area (Å²) >= 11 is 0. The number of halogens is 6. The van der Waals surface area contributed by atoms with Crippen molar-refractivity contribution in [3.63, 3.8) is 0 Å². The van der Waals surface area contributed by atoms with Crippen LogP contribution < -0.4 is 0 Å². The van der Waals surface area contributed by atoms with E-state index in [1.807, 2.05) is 0 Å². The molecule has 4 heterocycles. The van der Waals surface area contributed by atoms with Crippen LogP contribution in [0.15, 0.2) is 0 Å². The van der Waals surface area contributed by atoms with Crippen molar-refractivity contribution in [2.24, 2.45) is 0 Å². The van der Waals surface area contributed by atoms with Crippen molar-refractivity contribution in [3.8, 4) is 0 Å². The molecule has 0 saturated carbocycles. The van der Waals surface area contributed by atoms with Crippen LogP contribution in [-0.2, 0) is 46.4 Å². The summed E-state index contributed by atoms with van der Waals surface area (Å²) in [5.41, 5.74) is -11.0. The van der Waals surface area contributed by atoms with E-state index in [1.165, 1.54) is 35.3 Å². The van der Waals surface area contributed by atoms with Gasteiger partial charge in [-0.25, -0.2) is 0 Å². The quantitative estimate of drug-likeness (QED) is 0.190. The second-order valence-corrected chi connectivity index (χ2v) is 26.1. The Morgan fingerprint density at radius 3 is 1.20 bits per heavy atom. The summed E-state index contributed by atoms with van der Waals surface area (Å²) < 4.78 is 142. The number of nitrogens with zero attached hydrogens (tertiary/aromatic N) is 2. The van der Waals surface area contributed by atoms with Crippen LogP contribution >= 0.6 is 0 Å². The Labute approximate surface area is 226 Å². The number of alkyl halides is 6. The maximum atomic E-state index is 12.4. The molecule has 0 aromatic carbocycles. The monoisotopic (exact) mass is 666 g/mol. The molecule has 0 radical (unpaired) electrons. The Morgan fingerprint density at radius 2 is 0.950 bits per heavy atom. The van der Waals surface area contributed by atoms with Crippen molar-refractivity contribution in [1.29, 1.82) is 0 Å². The van der Waals surface area contributed by atoms with E-state index in [9.17, 15) is 52.8 Å². The van der Waals surface area contributed by atoms with Gasteiger partial charge < -0.3 is 0 Å². The van der Waals surface area contributed by atoms with Gasteiger partial charge in [-0.15, -0.1) is 0 Å². The van der Waals surface area contributed by atoms with Gasteiger partial charge in [0.1, 0.15) is 0 Å². The number of hydrogen-bond donors (Lipinski definition) is 0. The van der Waals surface area contributed by atoms with Gasteiger partial charge in [0, 0.05) is 0 Å². The van der Waals surface area contributed by atoms with E-state index in [-0.39, 0.29) is 48.8 Å². The van der Waals surface area contributed by atoms with Gasteiger partial charge in [0.15, 0.2) is 0 Å². The topological polar surface area (TPSA) is 145 Å². The molecule has 0 bridgehead atoms. The van der Waals surface area contributed by atoms with Crippen LogP contribution in [0.5, 0.6) is 0 Å². The van der Waals surface area contributed by atoms with Gasteiger partial charge in [-0.3, -0.25) is 0 Å². The SMILES string of the molecule is C[Si-]1(C)(OS(=O)(=O)C(F)(F)F)C[N+]2=C(CCCC2=O)O1.C[Si-]1(C)(OS(=O)(=O)C(F)(F)F)C[N+]2=C(CCCC2=O)O1. The fourth-order valence-corrected chi connectivity index (χ4v) is 16.1. The Balaban J connectivity index is 0.000000220. The van der Waals surface area contributed by atoms with E-state index in [4.69, 9.17) is 8.85 Å². The van der Waals surface area contributed by atoms with Gasteiger partial charge in [0.2, 0.25) is 0 Å². The summed E-state index contributed by atoms with van der Waals surface area (Å²) in [7, 11) is -20.3. The van der Waals surface area contributed by atoms with Gasteiger partial charge in [-0.2, -0.15) is 0 Å². The van der Waals surface area contributed by atoms with Crippen LogP contribution in [-0.4, -0.2) is 88.6 Å². The van der Waals surface area contributed by atoms with Gasteiger partial charge in [0.05, 0.1) is 0 Å². The molecule has 40 heavy (non-hydrogen) atoms. The Hall–Kier alpha value is -1.89. The zero-order valence-electron chi connectivity index (χ0n) is 21.7. The molecule has 0 unspecified atom stereocenters. The molecule has 0 N–H and O–H groups in total. The molecular weight excluding hydrogens is 638 g/mol. The molecule has 2 amide bonds. The normalized spacial score (nSPS) is 27.4. The van der Waals surface area contributed by atoms with Crippen LogP contribution in [0.2, 0.25) is 26.2 Å². The molecule has 4 rings (SSSR count). The van der Waals surface area contributed by atoms with Gasteiger partial charge in [0.25, 0.3) is 0 Å². The van der Waals surface area contributed by atoms with Crippen molar-refractivity contribution >= 4 is 59.5 Å². The molecule has 0 aromatic heterocycles. The van der Waals surface area contributed by atoms with E-state index in [0.29, 0.717) is 25.7 Å². The predicted octanol–water partition coefficient (Wildman–Crippen LogP) is 2.40. The first-order valence-corrected chi connectivity index (χ1v) is 21.7. The van der Waals surface area contributed by atoms with E-state index >= 15 is 0 Å². The van der Waals surface area contributed by atoms with Crippen LogP contribution in [0.4, 0.5) is 26.3 Å². The molecule has 0 aromatic rings. The van der Waals surface area contributed by atoms with E-state index in [2.05, 4.69) is 7.74 Å². The number of hydrogen-bond acceptors (Lipinski definition) is 10. The third-order valence-electron chi connectivity index (χ3n) is 6.15. The molecule has 22 heteroatoms. The zero-order valence-corrected chi connectivity index (χ0v) is 25.4. The summed E-state index contributed by atoms with van der Waals surface area (Å²) in [5, 5.41) is 0. The average molecular weight is 667 g/mol. The van der Waals surface area contributed by atoms with Gasteiger partial charge in [-0.1, -0.05) is 0 Å². The van der Waals surface area contributed by atoms with Gasteiger partial charge in [-0.05, 0) is 0 Å². The Bertz CT molecular complexity index is 1330. The first kappa shape index (κ1) is 32.6. The molecule has 12 nitrogen and oxygen atoms in total. The number of carbonyl (C=O) groups is 2. The summed E-state index contributed by atoms with van der Waals surface area (Å²) in [6.45, 7) is 4.90. The number of carbonyl (C=O) groups excluding carboxylic acids is 2. The molecular formula is C18H28F6N2O10S2Si2. The third-order valence-corrected chi connectivity index (χ3v) is 17.4. The van der Waals surface area contributed by atoms with Crippen molar-refractivity contribution in [2.75, 3.05) is 12.3 Å². The van der Waals surface area contributed by atoms with Crippen molar-refractivity contribution in [2.45, 2.75) is 75.7 Å². The Morgan fingerprint density at radius 1 is 0.650 bits per heavy atom. The van der Waals surface area contributed by atoms with Crippen LogP contribution in [0.1, 0.15) is 38.5 Å². The van der Waals surface area contributed by atoms with Crippen LogP contribution in [0, 0.1) is 0 Å². The van der Waals surface area contributed by atoms with E-state index < -0.39 is 46.9 Å². The Kier molecular flexibility index (Phi) is 7.59. The summed E-state index contributed by atoms with van der Waals surface area (Å²) in [6, 6.07) is 0. The van der Waals surface area contributed by atoms with E-state index in [0.717, 1.165) is 0 Å². The molecule has 0 saturated heterocycles. The van der Waals surface area contributed by atoms with Crippen LogP contribution in [0.25, 0.3) is 0 Å². The molecule has 0 fully saturated rings. The zero-order chi connectivity index (χ0) is 30.8. The first-order valence-electron chi connectivity index (χ1n) is 11.8. The molecule has 232 valence electrons. The molecule has 4 aliphatic heterocycles. The second kappa shape index (κ2) is 9.31. The molecule has 4 aliphatic rings. The second-order valence-electron chi connectivity index (χ2n) is 11.4. The molecule has 0 atom stereocenters. The van der Waals surface area contributed by atoms with Gasteiger partial charge >= 0.3 is 226 Å². The standard InChI is InChI=1S/2C9H14F3NO5SSi/c2*1-20(2,18-19(15,16)9(10,11)12)6-13-7(14)4-3-5-8(13)17-20/h2*3-6H2,1-2H3. The average Bonchev–Trinajstić information content (AvgIpc) is 3.16. The fourth-order valence-electron chi connectivity index (χ4n) is 4.72. The number of rotatable bonds is 4. The molecule has 0 spiro atoms. The predicted molar refractivity (Wildman–Crippen MR) is 127 cm³/mol. The minimum absolute atomic E-state index is 0.206. The maximum absolute atomic E-state index is 12.4. The van der Waals surface area contributed by atoms with Crippen LogP contribution in [0.3, 0.4) is 0 Å². The minimum atomic E-state index is -5.77. The van der Waals surface area contributed by atoms with Crippen molar-refractivity contribution < 1.29 is 78.5 Å². The molecule has 0 aliphatic carbocycles. The van der Waals surface area contributed by atoms with E-state index in [1.54, 1.807) is 0 Å². The summed E-state index contributed by atoms with van der Waals surface area (Å²) in [5.74, 6) is -0.171.